The number of aromatic nitrogens is 1. The number of amides is 2. The van der Waals surface area contributed by atoms with E-state index < -0.39 is 11.7 Å². The van der Waals surface area contributed by atoms with E-state index in [0.29, 0.717) is 31.8 Å². The van der Waals surface area contributed by atoms with Crippen molar-refractivity contribution in [3.8, 4) is 0 Å². The lowest BCUT2D eigenvalue weighted by molar-refractivity contribution is 0.0224. The predicted octanol–water partition coefficient (Wildman–Crippen LogP) is 4.03. The Morgan fingerprint density at radius 2 is 2.08 bits per heavy atom. The molecule has 140 valence electrons. The van der Waals surface area contributed by atoms with Crippen molar-refractivity contribution in [3.63, 3.8) is 0 Å². The molecule has 3 rings (SSSR count). The fourth-order valence-corrected chi connectivity index (χ4v) is 3.10. The van der Waals surface area contributed by atoms with Gasteiger partial charge in [-0.3, -0.25) is 5.32 Å². The summed E-state index contributed by atoms with van der Waals surface area (Å²) in [5, 5.41) is 3.75. The van der Waals surface area contributed by atoms with Crippen molar-refractivity contribution in [3.05, 3.63) is 29.5 Å². The van der Waals surface area contributed by atoms with Gasteiger partial charge in [-0.15, -0.1) is 0 Å². The van der Waals surface area contributed by atoms with Crippen molar-refractivity contribution in [1.29, 1.82) is 0 Å². The summed E-state index contributed by atoms with van der Waals surface area (Å²) in [4.78, 5) is 29.2. The van der Waals surface area contributed by atoms with Gasteiger partial charge in [0.1, 0.15) is 5.60 Å². The van der Waals surface area contributed by atoms with Crippen LogP contribution in [0.4, 0.5) is 15.3 Å². The number of hydrogen-bond acceptors (Lipinski definition) is 4. The van der Waals surface area contributed by atoms with Crippen LogP contribution in [0.3, 0.4) is 0 Å². The van der Waals surface area contributed by atoms with Gasteiger partial charge in [-0.2, -0.15) is 0 Å². The summed E-state index contributed by atoms with van der Waals surface area (Å²) >= 11 is 0. The maximum Gasteiger partial charge on any atom is 0.411 e. The molecule has 0 fully saturated rings. The molecule has 0 radical (unpaired) electrons. The van der Waals surface area contributed by atoms with Crippen LogP contribution < -0.4 is 5.32 Å². The van der Waals surface area contributed by atoms with Gasteiger partial charge in [0.05, 0.1) is 24.4 Å². The normalized spacial score (nSPS) is 14.1. The molecule has 0 bridgehead atoms. The first-order valence-corrected chi connectivity index (χ1v) is 8.82. The number of aromatic amines is 1. The van der Waals surface area contributed by atoms with E-state index in [9.17, 15) is 9.59 Å². The molecule has 2 heterocycles. The molecule has 2 amide bonds. The standard InChI is InChI=1S/C19H25N3O4/c1-5-25-17(23)21-15-8-6-7-12-13-11-22(18(24)26-19(2,3)4)10-9-14(13)20-16(12)15/h6-8,20H,5,9-11H2,1-4H3,(H,21,23). The molecule has 1 aliphatic rings. The van der Waals surface area contributed by atoms with E-state index in [1.807, 2.05) is 39.0 Å². The van der Waals surface area contributed by atoms with Crippen molar-refractivity contribution in [2.24, 2.45) is 0 Å². The summed E-state index contributed by atoms with van der Waals surface area (Å²) < 4.78 is 10.4. The topological polar surface area (TPSA) is 83.7 Å². The van der Waals surface area contributed by atoms with Crippen molar-refractivity contribution in [1.82, 2.24) is 9.88 Å². The largest absolute Gasteiger partial charge is 0.450 e. The second-order valence-corrected chi connectivity index (χ2v) is 7.31. The number of anilines is 1. The minimum Gasteiger partial charge on any atom is -0.450 e. The number of nitrogens with one attached hydrogen (secondary N) is 2. The highest BCUT2D eigenvalue weighted by atomic mass is 16.6. The third-order valence-electron chi connectivity index (χ3n) is 4.17. The maximum absolute atomic E-state index is 12.4. The van der Waals surface area contributed by atoms with Crippen LogP contribution in [0, 0.1) is 0 Å². The smallest absolute Gasteiger partial charge is 0.411 e. The summed E-state index contributed by atoms with van der Waals surface area (Å²) in [6.07, 6.45) is -0.0801. The van der Waals surface area contributed by atoms with Crippen molar-refractivity contribution >= 4 is 28.8 Å². The molecule has 0 saturated carbocycles. The molecule has 0 aliphatic carbocycles. The lowest BCUT2D eigenvalue weighted by Crippen LogP contribution is -2.39. The van der Waals surface area contributed by atoms with Crippen molar-refractivity contribution in [2.45, 2.75) is 46.3 Å². The van der Waals surface area contributed by atoms with Crippen LogP contribution in [-0.2, 0) is 22.4 Å². The molecule has 0 unspecified atom stereocenters. The monoisotopic (exact) mass is 359 g/mol. The summed E-state index contributed by atoms with van der Waals surface area (Å²) in [7, 11) is 0. The average molecular weight is 359 g/mol. The molecule has 0 spiro atoms. The molecular formula is C19H25N3O4. The SMILES string of the molecule is CCOC(=O)Nc1cccc2c3c([nH]c12)CCN(C(=O)OC(C)(C)C)C3. The first-order chi connectivity index (χ1) is 12.3. The molecule has 26 heavy (non-hydrogen) atoms. The lowest BCUT2D eigenvalue weighted by Gasteiger charge is -2.30. The predicted molar refractivity (Wildman–Crippen MR) is 99.3 cm³/mol. The van der Waals surface area contributed by atoms with E-state index in [0.717, 1.165) is 22.2 Å². The summed E-state index contributed by atoms with van der Waals surface area (Å²) in [6, 6.07) is 5.69. The van der Waals surface area contributed by atoms with Crippen LogP contribution in [0.15, 0.2) is 18.2 Å². The van der Waals surface area contributed by atoms with Gasteiger partial charge in [0.15, 0.2) is 0 Å². The van der Waals surface area contributed by atoms with E-state index in [4.69, 9.17) is 9.47 Å². The Bertz CT molecular complexity index is 835. The fraction of sp³-hybridized carbons (Fsp3) is 0.474. The number of hydrogen-bond donors (Lipinski definition) is 2. The minimum absolute atomic E-state index is 0.307. The quantitative estimate of drug-likeness (QED) is 0.848. The Labute approximate surface area is 152 Å². The van der Waals surface area contributed by atoms with Crippen molar-refractivity contribution in [2.75, 3.05) is 18.5 Å². The fourth-order valence-electron chi connectivity index (χ4n) is 3.10. The molecule has 1 aromatic heterocycles. The molecular weight excluding hydrogens is 334 g/mol. The Hall–Kier alpha value is -2.70. The van der Waals surface area contributed by atoms with E-state index in [-0.39, 0.29) is 6.09 Å². The zero-order valence-corrected chi connectivity index (χ0v) is 15.6. The highest BCUT2D eigenvalue weighted by Crippen LogP contribution is 2.32. The Morgan fingerprint density at radius 3 is 2.77 bits per heavy atom. The number of nitrogens with zero attached hydrogens (tertiary/aromatic N) is 1. The Balaban J connectivity index is 1.87. The van der Waals surface area contributed by atoms with Gasteiger partial charge in [0.25, 0.3) is 0 Å². The minimum atomic E-state index is -0.520. The average Bonchev–Trinajstić information content (AvgIpc) is 2.92. The highest BCUT2D eigenvalue weighted by Gasteiger charge is 2.28. The number of rotatable bonds is 2. The third-order valence-corrected chi connectivity index (χ3v) is 4.17. The molecule has 1 aliphatic heterocycles. The van der Waals surface area contributed by atoms with Gasteiger partial charge in [-0.1, -0.05) is 12.1 Å². The molecule has 1 aromatic carbocycles. The first kappa shape index (κ1) is 18.1. The van der Waals surface area contributed by atoms with Gasteiger partial charge in [-0.25, -0.2) is 9.59 Å². The second kappa shape index (κ2) is 6.90. The van der Waals surface area contributed by atoms with Crippen LogP contribution in [0.1, 0.15) is 39.0 Å². The van der Waals surface area contributed by atoms with Crippen LogP contribution in [0.5, 0.6) is 0 Å². The van der Waals surface area contributed by atoms with Gasteiger partial charge >= 0.3 is 12.2 Å². The number of carbonyl (C=O) groups excluding carboxylic acids is 2. The zero-order chi connectivity index (χ0) is 18.9. The van der Waals surface area contributed by atoms with Crippen LogP contribution in [0.25, 0.3) is 10.9 Å². The number of carbonyl (C=O) groups is 2. The third kappa shape index (κ3) is 3.76. The summed E-state index contributed by atoms with van der Waals surface area (Å²) in [5.41, 5.74) is 3.13. The highest BCUT2D eigenvalue weighted by molar-refractivity contribution is 6.00. The van der Waals surface area contributed by atoms with E-state index in [2.05, 4.69) is 10.3 Å². The Morgan fingerprint density at radius 1 is 1.31 bits per heavy atom. The first-order valence-electron chi connectivity index (χ1n) is 8.82. The second-order valence-electron chi connectivity index (χ2n) is 7.31. The van der Waals surface area contributed by atoms with Crippen LogP contribution in [-0.4, -0.2) is 40.8 Å². The zero-order valence-electron chi connectivity index (χ0n) is 15.6. The van der Waals surface area contributed by atoms with Crippen LogP contribution in [0.2, 0.25) is 0 Å². The number of fused-ring (bicyclic) bond motifs is 3. The van der Waals surface area contributed by atoms with Crippen LogP contribution >= 0.6 is 0 Å². The molecule has 2 aromatic rings. The summed E-state index contributed by atoms with van der Waals surface area (Å²) in [5.74, 6) is 0. The Kier molecular flexibility index (Phi) is 4.80. The number of para-hydroxylation sites is 1. The molecule has 7 nitrogen and oxygen atoms in total. The number of benzene rings is 1. The molecule has 7 heteroatoms. The van der Waals surface area contributed by atoms with E-state index >= 15 is 0 Å². The van der Waals surface area contributed by atoms with E-state index in [1.54, 1.807) is 11.8 Å². The van der Waals surface area contributed by atoms with Crippen molar-refractivity contribution < 1.29 is 19.1 Å². The molecule has 2 N–H and O–H groups in total. The molecule has 0 atom stereocenters. The van der Waals surface area contributed by atoms with Gasteiger partial charge in [0, 0.05) is 29.6 Å². The summed E-state index contributed by atoms with van der Waals surface area (Å²) in [6.45, 7) is 8.73. The number of H-pyrrole nitrogens is 1. The maximum atomic E-state index is 12.4. The molecule has 0 saturated heterocycles. The lowest BCUT2D eigenvalue weighted by atomic mass is 10.0. The van der Waals surface area contributed by atoms with Gasteiger partial charge in [-0.05, 0) is 33.8 Å². The van der Waals surface area contributed by atoms with Gasteiger partial charge in [0.2, 0.25) is 0 Å². The number of ether oxygens (including phenoxy) is 2. The van der Waals surface area contributed by atoms with Gasteiger partial charge < -0.3 is 19.4 Å². The van der Waals surface area contributed by atoms with E-state index in [1.165, 1.54) is 0 Å².